The molecule has 2 atom stereocenters. The van der Waals surface area contributed by atoms with E-state index in [9.17, 15) is 22.8 Å². The number of carbonyl (C=O) groups excluding carboxylic acids is 3. The molecule has 2 aromatic carbocycles. The molecule has 1 amide bonds. The summed E-state index contributed by atoms with van der Waals surface area (Å²) in [6, 6.07) is 12.0. The molecule has 2 aromatic rings. The number of benzene rings is 2. The summed E-state index contributed by atoms with van der Waals surface area (Å²) in [5, 5.41) is 2.57. The van der Waals surface area contributed by atoms with Gasteiger partial charge in [0.1, 0.15) is 41.8 Å². The Kier molecular flexibility index (Phi) is 13.2. The zero-order chi connectivity index (χ0) is 34.9. The second-order valence-electron chi connectivity index (χ2n) is 14.0. The van der Waals surface area contributed by atoms with Crippen molar-refractivity contribution in [2.75, 3.05) is 13.2 Å². The lowest BCUT2D eigenvalue weighted by molar-refractivity contribution is -0.162. The Bertz CT molecular complexity index is 1410. The topological polar surface area (TPSA) is 144 Å². The number of hydrogen-bond acceptors (Lipinski definition) is 10. The number of esters is 2. The number of hydrogen-bond donors (Lipinski definition) is 1. The van der Waals surface area contributed by atoms with Crippen LogP contribution in [-0.2, 0) is 44.5 Å². The summed E-state index contributed by atoms with van der Waals surface area (Å²) in [6.45, 7) is 17.1. The van der Waals surface area contributed by atoms with E-state index in [-0.39, 0.29) is 31.0 Å². The van der Waals surface area contributed by atoms with Crippen LogP contribution in [0.1, 0.15) is 79.9 Å². The van der Waals surface area contributed by atoms with E-state index in [1.165, 1.54) is 12.1 Å². The smallest absolute Gasteiger partial charge is 0.408 e. The van der Waals surface area contributed by atoms with Crippen LogP contribution in [0.15, 0.2) is 53.4 Å². The van der Waals surface area contributed by atoms with Crippen LogP contribution < -0.4 is 10.1 Å². The van der Waals surface area contributed by atoms with Crippen molar-refractivity contribution >= 4 is 28.1 Å². The van der Waals surface area contributed by atoms with E-state index in [1.54, 1.807) is 98.7 Å². The van der Waals surface area contributed by atoms with Gasteiger partial charge in [-0.25, -0.2) is 9.59 Å². The maximum atomic E-state index is 13.4. The Balaban J connectivity index is 2.15. The zero-order valence-corrected chi connectivity index (χ0v) is 29.4. The molecular formula is C34H49NO10S. The van der Waals surface area contributed by atoms with Crippen LogP contribution in [0.25, 0.3) is 0 Å². The second kappa shape index (κ2) is 15.8. The predicted molar refractivity (Wildman–Crippen MR) is 173 cm³/mol. The van der Waals surface area contributed by atoms with Crippen molar-refractivity contribution in [3.05, 3.63) is 59.7 Å². The SMILES string of the molecule is Cc1ccc(S(=O)(=O)OCCOc2ccc(C[C@@H](C[C@H](NC(=O)OC(C)(C)C)C(=O)OC(C)(C)C)C(=O)OC(C)(C)C)cc2)cc1. The van der Waals surface area contributed by atoms with Gasteiger partial charge in [-0.15, -0.1) is 0 Å². The Morgan fingerprint density at radius 3 is 1.76 bits per heavy atom. The van der Waals surface area contributed by atoms with E-state index < -0.39 is 56.9 Å². The maximum absolute atomic E-state index is 13.4. The number of alkyl carbamates (subject to hydrolysis) is 1. The molecule has 0 aromatic heterocycles. The van der Waals surface area contributed by atoms with Gasteiger partial charge >= 0.3 is 18.0 Å². The molecule has 0 radical (unpaired) electrons. The molecular weight excluding hydrogens is 614 g/mol. The second-order valence-corrected chi connectivity index (χ2v) is 15.6. The molecule has 0 bridgehead atoms. The van der Waals surface area contributed by atoms with Gasteiger partial charge in [0.25, 0.3) is 10.1 Å². The summed E-state index contributed by atoms with van der Waals surface area (Å²) in [5.41, 5.74) is -0.761. The van der Waals surface area contributed by atoms with Crippen LogP contribution in [0.3, 0.4) is 0 Å². The van der Waals surface area contributed by atoms with E-state index in [2.05, 4.69) is 5.32 Å². The molecule has 256 valence electrons. The molecule has 0 fully saturated rings. The average molecular weight is 664 g/mol. The highest BCUT2D eigenvalue weighted by Crippen LogP contribution is 2.24. The summed E-state index contributed by atoms with van der Waals surface area (Å²) in [4.78, 5) is 39.2. The van der Waals surface area contributed by atoms with E-state index in [0.717, 1.165) is 11.1 Å². The lowest BCUT2D eigenvalue weighted by Crippen LogP contribution is -2.48. The van der Waals surface area contributed by atoms with Crippen LogP contribution in [-0.4, -0.2) is 62.5 Å². The Morgan fingerprint density at radius 2 is 1.24 bits per heavy atom. The van der Waals surface area contributed by atoms with E-state index in [1.807, 2.05) is 6.92 Å². The minimum absolute atomic E-state index is 0.0150. The molecule has 1 N–H and O–H groups in total. The summed E-state index contributed by atoms with van der Waals surface area (Å²) >= 11 is 0. The lowest BCUT2D eigenvalue weighted by atomic mass is 9.92. The molecule has 0 saturated carbocycles. The van der Waals surface area contributed by atoms with E-state index >= 15 is 0 Å². The van der Waals surface area contributed by atoms with Crippen molar-refractivity contribution in [1.82, 2.24) is 5.32 Å². The van der Waals surface area contributed by atoms with Gasteiger partial charge in [-0.3, -0.25) is 8.98 Å². The maximum Gasteiger partial charge on any atom is 0.408 e. The van der Waals surface area contributed by atoms with Gasteiger partial charge in [-0.2, -0.15) is 8.42 Å². The number of aryl methyl sites for hydroxylation is 1. The molecule has 0 saturated heterocycles. The molecule has 12 heteroatoms. The summed E-state index contributed by atoms with van der Waals surface area (Å²) in [6.07, 6.45) is -0.736. The van der Waals surface area contributed by atoms with Crippen molar-refractivity contribution in [3.63, 3.8) is 0 Å². The van der Waals surface area contributed by atoms with Gasteiger partial charge < -0.3 is 24.3 Å². The molecule has 0 unspecified atom stereocenters. The molecule has 0 spiro atoms. The van der Waals surface area contributed by atoms with E-state index in [4.69, 9.17) is 23.1 Å². The van der Waals surface area contributed by atoms with Crippen LogP contribution in [0.5, 0.6) is 5.75 Å². The Morgan fingerprint density at radius 1 is 0.717 bits per heavy atom. The van der Waals surface area contributed by atoms with Crippen molar-refractivity contribution in [2.45, 2.75) is 110 Å². The molecule has 0 aliphatic carbocycles. The van der Waals surface area contributed by atoms with Gasteiger partial charge in [0.15, 0.2) is 0 Å². The summed E-state index contributed by atoms with van der Waals surface area (Å²) < 4.78 is 52.1. The highest BCUT2D eigenvalue weighted by Gasteiger charge is 2.35. The number of ether oxygens (including phenoxy) is 4. The van der Waals surface area contributed by atoms with E-state index in [0.29, 0.717) is 5.75 Å². The fourth-order valence-corrected chi connectivity index (χ4v) is 4.94. The first-order chi connectivity index (χ1) is 21.0. The predicted octanol–water partition coefficient (Wildman–Crippen LogP) is 5.90. The van der Waals surface area contributed by atoms with Crippen LogP contribution in [0.4, 0.5) is 4.79 Å². The number of carbonyl (C=O) groups is 3. The van der Waals surface area contributed by atoms with Crippen molar-refractivity contribution in [3.8, 4) is 5.75 Å². The molecule has 46 heavy (non-hydrogen) atoms. The van der Waals surface area contributed by atoms with Gasteiger partial charge in [0.2, 0.25) is 0 Å². The highest BCUT2D eigenvalue weighted by atomic mass is 32.2. The van der Waals surface area contributed by atoms with Gasteiger partial charge in [-0.05, 0) is 112 Å². The van der Waals surface area contributed by atoms with Crippen LogP contribution >= 0.6 is 0 Å². The Hall–Kier alpha value is -3.64. The molecule has 0 aliphatic rings. The van der Waals surface area contributed by atoms with Gasteiger partial charge in [0.05, 0.1) is 10.8 Å². The van der Waals surface area contributed by atoms with Gasteiger partial charge in [-0.1, -0.05) is 29.8 Å². The fraction of sp³-hybridized carbons (Fsp3) is 0.559. The fourth-order valence-electron chi connectivity index (χ4n) is 4.05. The standard InChI is InChI=1S/C34H49NO10S/c1-23-11-17-27(18-12-23)46(39,40)42-20-19-41-26-15-13-24(14-16-26)21-25(29(36)43-32(2,3)4)22-28(30(37)44-33(5,6)7)35-31(38)45-34(8,9)10/h11-18,25,28H,19-22H2,1-10H3,(H,35,38)/t25-,28-/m0/s1. The normalized spacial score (nSPS) is 13.7. The monoisotopic (exact) mass is 663 g/mol. The third-order valence-corrected chi connectivity index (χ3v) is 7.27. The van der Waals surface area contributed by atoms with Crippen molar-refractivity contribution in [1.29, 1.82) is 0 Å². The minimum atomic E-state index is -3.91. The summed E-state index contributed by atoms with van der Waals surface area (Å²) in [7, 11) is -3.91. The lowest BCUT2D eigenvalue weighted by Gasteiger charge is -2.29. The number of amides is 1. The first-order valence-corrected chi connectivity index (χ1v) is 16.6. The number of rotatable bonds is 13. The third kappa shape index (κ3) is 14.6. The van der Waals surface area contributed by atoms with Crippen molar-refractivity contribution < 1.29 is 45.9 Å². The highest BCUT2D eigenvalue weighted by molar-refractivity contribution is 7.86. The van der Waals surface area contributed by atoms with Gasteiger partial charge in [0, 0.05) is 0 Å². The van der Waals surface area contributed by atoms with Crippen molar-refractivity contribution in [2.24, 2.45) is 5.92 Å². The minimum Gasteiger partial charge on any atom is -0.491 e. The summed E-state index contributed by atoms with van der Waals surface area (Å²) in [5.74, 6) is -1.62. The molecule has 2 rings (SSSR count). The molecule has 11 nitrogen and oxygen atoms in total. The first-order valence-electron chi connectivity index (χ1n) is 15.2. The van der Waals surface area contributed by atoms with Crippen LogP contribution in [0.2, 0.25) is 0 Å². The first kappa shape index (κ1) is 38.5. The number of nitrogens with one attached hydrogen (secondary N) is 1. The largest absolute Gasteiger partial charge is 0.491 e. The average Bonchev–Trinajstić information content (AvgIpc) is 2.88. The zero-order valence-electron chi connectivity index (χ0n) is 28.6. The quantitative estimate of drug-likeness (QED) is 0.119. The Labute approximate surface area is 273 Å². The third-order valence-electron chi connectivity index (χ3n) is 5.95. The molecule has 0 aliphatic heterocycles. The molecule has 0 heterocycles. The van der Waals surface area contributed by atoms with Crippen LogP contribution in [0, 0.1) is 12.8 Å².